The van der Waals surface area contributed by atoms with E-state index in [0.29, 0.717) is 6.04 Å². The quantitative estimate of drug-likeness (QED) is 0.654. The fraction of sp³-hybridized carbons (Fsp3) is 0.684. The van der Waals surface area contributed by atoms with Crippen molar-refractivity contribution in [2.24, 2.45) is 0 Å². The second kappa shape index (κ2) is 8.43. The Morgan fingerprint density at radius 2 is 1.86 bits per heavy atom. The molecule has 1 N–H and O–H groups in total. The van der Waals surface area contributed by atoms with Gasteiger partial charge in [0.05, 0.1) is 7.11 Å². The first-order valence-corrected chi connectivity index (χ1v) is 8.63. The molecule has 0 heterocycles. The maximum absolute atomic E-state index is 5.22. The Morgan fingerprint density at radius 1 is 1.14 bits per heavy atom. The van der Waals surface area contributed by atoms with E-state index in [4.69, 9.17) is 4.74 Å². The second-order valence-corrected chi connectivity index (χ2v) is 6.56. The largest absolute Gasteiger partial charge is 0.497 e. The van der Waals surface area contributed by atoms with Crippen molar-refractivity contribution in [1.29, 1.82) is 0 Å². The molecule has 0 aromatic heterocycles. The molecular formula is C19H31NO. The van der Waals surface area contributed by atoms with E-state index in [1.54, 1.807) is 7.11 Å². The maximum Gasteiger partial charge on any atom is 0.118 e. The first-order chi connectivity index (χ1) is 10.2. The van der Waals surface area contributed by atoms with Crippen LogP contribution in [0.2, 0.25) is 0 Å². The predicted octanol–water partition coefficient (Wildman–Crippen LogP) is 4.89. The molecule has 1 aromatic rings. The molecule has 1 atom stereocenters. The van der Waals surface area contributed by atoms with E-state index in [0.717, 1.165) is 17.7 Å². The van der Waals surface area contributed by atoms with Crippen LogP contribution in [0.1, 0.15) is 70.3 Å². The fourth-order valence-corrected chi connectivity index (χ4v) is 3.27. The smallest absolute Gasteiger partial charge is 0.118 e. The van der Waals surface area contributed by atoms with Gasteiger partial charge in [0.2, 0.25) is 0 Å². The van der Waals surface area contributed by atoms with Gasteiger partial charge in [0.25, 0.3) is 0 Å². The molecule has 1 aromatic carbocycles. The van der Waals surface area contributed by atoms with E-state index in [1.807, 2.05) is 0 Å². The zero-order chi connectivity index (χ0) is 15.1. The summed E-state index contributed by atoms with van der Waals surface area (Å²) in [7, 11) is 1.72. The zero-order valence-electron chi connectivity index (χ0n) is 13.9. The number of methoxy groups -OCH3 is 1. The van der Waals surface area contributed by atoms with Crippen LogP contribution >= 0.6 is 0 Å². The minimum atomic E-state index is 0.670. The Bertz CT molecular complexity index is 395. The lowest BCUT2D eigenvalue weighted by molar-refractivity contribution is 0.263. The van der Waals surface area contributed by atoms with Crippen molar-refractivity contribution in [3.63, 3.8) is 0 Å². The fourth-order valence-electron chi connectivity index (χ4n) is 3.27. The van der Waals surface area contributed by atoms with E-state index in [2.05, 4.69) is 43.4 Å². The molecule has 0 amide bonds. The Kier molecular flexibility index (Phi) is 6.56. The third-order valence-corrected chi connectivity index (χ3v) is 4.74. The third-order valence-electron chi connectivity index (χ3n) is 4.74. The number of nitrogens with one attached hydrogen (secondary N) is 1. The number of hydrogen-bond acceptors (Lipinski definition) is 2. The summed E-state index contributed by atoms with van der Waals surface area (Å²) in [5, 5.41) is 3.79. The molecule has 0 saturated heterocycles. The maximum atomic E-state index is 5.22. The number of benzene rings is 1. The van der Waals surface area contributed by atoms with Crippen molar-refractivity contribution in [3.8, 4) is 5.75 Å². The van der Waals surface area contributed by atoms with Crippen LogP contribution in [0.15, 0.2) is 24.3 Å². The number of ether oxygens (including phenoxy) is 1. The molecule has 2 rings (SSSR count). The van der Waals surface area contributed by atoms with Gasteiger partial charge in [-0.25, -0.2) is 0 Å². The lowest BCUT2D eigenvalue weighted by atomic mass is 9.75. The lowest BCUT2D eigenvalue weighted by Gasteiger charge is -2.38. The summed E-state index contributed by atoms with van der Waals surface area (Å²) >= 11 is 0. The average Bonchev–Trinajstić information content (AvgIpc) is 2.47. The molecule has 1 saturated carbocycles. The van der Waals surface area contributed by atoms with Crippen LogP contribution in [0.3, 0.4) is 0 Å². The van der Waals surface area contributed by atoms with Crippen LogP contribution in [0, 0.1) is 0 Å². The van der Waals surface area contributed by atoms with Crippen LogP contribution in [0.4, 0.5) is 0 Å². The predicted molar refractivity (Wildman–Crippen MR) is 90.1 cm³/mol. The molecule has 0 radical (unpaired) electrons. The first kappa shape index (κ1) is 16.4. The minimum absolute atomic E-state index is 0.670. The van der Waals surface area contributed by atoms with Crippen LogP contribution in [0.5, 0.6) is 5.75 Å². The molecule has 1 aliphatic rings. The Balaban J connectivity index is 1.64. The standard InChI is InChI=1S/C19H31NO/c1-4-5-6-7-8-15(2)20-18-13-17(14-18)16-9-11-19(21-3)12-10-16/h9-12,15,17-18,20H,4-8,13-14H2,1-3H3. The SMILES string of the molecule is CCCCCCC(C)NC1CC(c2ccc(OC)cc2)C1. The van der Waals surface area contributed by atoms with Crippen molar-refractivity contribution in [3.05, 3.63) is 29.8 Å². The van der Waals surface area contributed by atoms with Gasteiger partial charge in [-0.05, 0) is 49.8 Å². The van der Waals surface area contributed by atoms with Crippen LogP contribution in [-0.4, -0.2) is 19.2 Å². The van der Waals surface area contributed by atoms with Crippen LogP contribution < -0.4 is 10.1 Å². The summed E-state index contributed by atoms with van der Waals surface area (Å²) < 4.78 is 5.22. The van der Waals surface area contributed by atoms with E-state index in [1.165, 1.54) is 50.5 Å². The Labute approximate surface area is 130 Å². The highest BCUT2D eigenvalue weighted by molar-refractivity contribution is 5.30. The Hall–Kier alpha value is -1.02. The highest BCUT2D eigenvalue weighted by atomic mass is 16.5. The van der Waals surface area contributed by atoms with Crippen molar-refractivity contribution in [2.45, 2.75) is 76.8 Å². The third kappa shape index (κ3) is 5.03. The van der Waals surface area contributed by atoms with Gasteiger partial charge < -0.3 is 10.1 Å². The van der Waals surface area contributed by atoms with Crippen LogP contribution in [-0.2, 0) is 0 Å². The Morgan fingerprint density at radius 3 is 2.48 bits per heavy atom. The molecule has 1 fully saturated rings. The number of rotatable bonds is 9. The summed E-state index contributed by atoms with van der Waals surface area (Å²) in [5.74, 6) is 1.69. The van der Waals surface area contributed by atoms with Gasteiger partial charge in [-0.2, -0.15) is 0 Å². The number of hydrogen-bond donors (Lipinski definition) is 1. The van der Waals surface area contributed by atoms with E-state index in [-0.39, 0.29) is 0 Å². The number of unbranched alkanes of at least 4 members (excludes halogenated alkanes) is 3. The van der Waals surface area contributed by atoms with Crippen molar-refractivity contribution in [2.75, 3.05) is 7.11 Å². The minimum Gasteiger partial charge on any atom is -0.497 e. The molecule has 0 aliphatic heterocycles. The van der Waals surface area contributed by atoms with Gasteiger partial charge in [0, 0.05) is 12.1 Å². The lowest BCUT2D eigenvalue weighted by Crippen LogP contribution is -2.44. The normalized spacial score (nSPS) is 22.6. The molecule has 2 nitrogen and oxygen atoms in total. The molecule has 0 bridgehead atoms. The van der Waals surface area contributed by atoms with E-state index < -0.39 is 0 Å². The van der Waals surface area contributed by atoms with Gasteiger partial charge in [-0.3, -0.25) is 0 Å². The highest BCUT2D eigenvalue weighted by Crippen LogP contribution is 2.37. The van der Waals surface area contributed by atoms with Crippen LogP contribution in [0.25, 0.3) is 0 Å². The topological polar surface area (TPSA) is 21.3 Å². The molecule has 1 aliphatic carbocycles. The van der Waals surface area contributed by atoms with E-state index >= 15 is 0 Å². The summed E-state index contributed by atoms with van der Waals surface area (Å²) in [6.07, 6.45) is 9.36. The molecule has 2 heteroatoms. The van der Waals surface area contributed by atoms with Crippen molar-refractivity contribution in [1.82, 2.24) is 5.32 Å². The second-order valence-electron chi connectivity index (χ2n) is 6.56. The van der Waals surface area contributed by atoms with Crippen molar-refractivity contribution >= 4 is 0 Å². The van der Waals surface area contributed by atoms with Gasteiger partial charge in [-0.1, -0.05) is 44.7 Å². The van der Waals surface area contributed by atoms with Crippen molar-refractivity contribution < 1.29 is 4.74 Å². The zero-order valence-corrected chi connectivity index (χ0v) is 13.9. The molecule has 118 valence electrons. The highest BCUT2D eigenvalue weighted by Gasteiger charge is 2.30. The molecule has 1 unspecified atom stereocenters. The first-order valence-electron chi connectivity index (χ1n) is 8.63. The van der Waals surface area contributed by atoms with Gasteiger partial charge in [0.15, 0.2) is 0 Å². The van der Waals surface area contributed by atoms with Gasteiger partial charge in [0.1, 0.15) is 5.75 Å². The van der Waals surface area contributed by atoms with Gasteiger partial charge in [-0.15, -0.1) is 0 Å². The monoisotopic (exact) mass is 289 g/mol. The summed E-state index contributed by atoms with van der Waals surface area (Å²) in [4.78, 5) is 0. The molecule has 21 heavy (non-hydrogen) atoms. The summed E-state index contributed by atoms with van der Waals surface area (Å²) in [5.41, 5.74) is 1.46. The average molecular weight is 289 g/mol. The summed E-state index contributed by atoms with van der Waals surface area (Å²) in [6.45, 7) is 4.61. The van der Waals surface area contributed by atoms with E-state index in [9.17, 15) is 0 Å². The van der Waals surface area contributed by atoms with Gasteiger partial charge >= 0.3 is 0 Å². The molecular weight excluding hydrogens is 258 g/mol. The molecule has 0 spiro atoms. The summed E-state index contributed by atoms with van der Waals surface area (Å²) in [6, 6.07) is 9.97.